The van der Waals surface area contributed by atoms with Gasteiger partial charge in [0.05, 0.1) is 6.26 Å². The summed E-state index contributed by atoms with van der Waals surface area (Å²) in [6.07, 6.45) is 5.43. The number of hydrogen-bond acceptors (Lipinski definition) is 3. The maximum atomic E-state index is 5.55. The summed E-state index contributed by atoms with van der Waals surface area (Å²) in [5, 5.41) is 3.46. The van der Waals surface area contributed by atoms with E-state index in [2.05, 4.69) is 29.6 Å². The van der Waals surface area contributed by atoms with Crippen LogP contribution in [0, 0.1) is 0 Å². The first-order valence-corrected chi connectivity index (χ1v) is 7.81. The molecule has 0 bridgehead atoms. The molecule has 0 saturated heterocycles. The van der Waals surface area contributed by atoms with Crippen LogP contribution in [0.1, 0.15) is 42.1 Å². The van der Waals surface area contributed by atoms with Crippen LogP contribution in [0.4, 0.5) is 0 Å². The third-order valence-corrected chi connectivity index (χ3v) is 3.82. The van der Waals surface area contributed by atoms with Gasteiger partial charge in [0.2, 0.25) is 0 Å². The normalized spacial score (nSPS) is 14.5. The molecule has 2 aromatic rings. The number of benzene rings is 1. The van der Waals surface area contributed by atoms with Gasteiger partial charge in [-0.05, 0) is 55.0 Å². The van der Waals surface area contributed by atoms with Crippen molar-refractivity contribution >= 4 is 0 Å². The number of ether oxygens (including phenoxy) is 1. The third kappa shape index (κ3) is 4.73. The van der Waals surface area contributed by atoms with Crippen molar-refractivity contribution in [2.45, 2.75) is 38.3 Å². The average Bonchev–Trinajstić information content (AvgIpc) is 3.24. The first-order valence-electron chi connectivity index (χ1n) is 7.81. The summed E-state index contributed by atoms with van der Waals surface area (Å²) in [7, 11) is 0. The summed E-state index contributed by atoms with van der Waals surface area (Å²) in [5.74, 6) is 1.73. The first-order chi connectivity index (χ1) is 10.4. The van der Waals surface area contributed by atoms with Crippen LogP contribution in [0.2, 0.25) is 0 Å². The van der Waals surface area contributed by atoms with Gasteiger partial charge in [-0.2, -0.15) is 0 Å². The summed E-state index contributed by atoms with van der Waals surface area (Å²) >= 11 is 0. The molecular weight excluding hydrogens is 262 g/mol. The van der Waals surface area contributed by atoms with E-state index >= 15 is 0 Å². The van der Waals surface area contributed by atoms with Crippen molar-refractivity contribution < 1.29 is 9.15 Å². The molecule has 0 amide bonds. The molecule has 1 fully saturated rings. The van der Waals surface area contributed by atoms with Gasteiger partial charge in [0.25, 0.3) is 0 Å². The smallest absolute Gasteiger partial charge is 0.129 e. The van der Waals surface area contributed by atoms with Crippen molar-refractivity contribution in [1.82, 2.24) is 5.32 Å². The first kappa shape index (κ1) is 14.4. The quantitative estimate of drug-likeness (QED) is 0.711. The number of furan rings is 1. The van der Waals surface area contributed by atoms with E-state index in [1.165, 1.54) is 24.0 Å². The Hall–Kier alpha value is -1.58. The lowest BCUT2D eigenvalue weighted by molar-refractivity contribution is 0.104. The zero-order chi connectivity index (χ0) is 14.3. The molecule has 0 aliphatic heterocycles. The van der Waals surface area contributed by atoms with E-state index in [-0.39, 0.29) is 0 Å². The van der Waals surface area contributed by atoms with E-state index in [0.29, 0.717) is 6.61 Å². The molecule has 0 radical (unpaired) electrons. The molecule has 0 spiro atoms. The second kappa shape index (κ2) is 7.43. The molecule has 21 heavy (non-hydrogen) atoms. The van der Waals surface area contributed by atoms with Gasteiger partial charge in [0.15, 0.2) is 0 Å². The molecule has 1 aliphatic carbocycles. The van der Waals surface area contributed by atoms with Gasteiger partial charge in [-0.3, -0.25) is 0 Å². The van der Waals surface area contributed by atoms with Crippen LogP contribution in [0.15, 0.2) is 47.1 Å². The number of nitrogens with one attached hydrogen (secondary N) is 1. The van der Waals surface area contributed by atoms with E-state index in [1.54, 1.807) is 6.26 Å². The second-order valence-corrected chi connectivity index (χ2v) is 5.68. The Balaban J connectivity index is 1.24. The lowest BCUT2D eigenvalue weighted by Gasteiger charge is -2.06. The molecular formula is C18H23NO2. The average molecular weight is 285 g/mol. The predicted octanol–water partition coefficient (Wildman–Crippen LogP) is 3.85. The standard InChI is InChI=1S/C18H23NO2/c1-3-18(21-12-1)14-20-11-2-10-19-13-15-4-6-16(7-5-15)17-8-9-17/h1,3-7,12,17,19H,2,8-11,13-14H2. The Morgan fingerprint density at radius 1 is 1.14 bits per heavy atom. The SMILES string of the molecule is c1coc(COCCCNCc2ccc(C3CC3)cc2)c1. The molecule has 1 aromatic carbocycles. The highest BCUT2D eigenvalue weighted by molar-refractivity contribution is 5.27. The van der Waals surface area contributed by atoms with Crippen LogP contribution in [0.25, 0.3) is 0 Å². The Labute approximate surface area is 126 Å². The largest absolute Gasteiger partial charge is 0.467 e. The van der Waals surface area contributed by atoms with Crippen molar-refractivity contribution in [2.24, 2.45) is 0 Å². The van der Waals surface area contributed by atoms with E-state index < -0.39 is 0 Å². The topological polar surface area (TPSA) is 34.4 Å². The van der Waals surface area contributed by atoms with Gasteiger partial charge in [0.1, 0.15) is 12.4 Å². The zero-order valence-electron chi connectivity index (χ0n) is 12.4. The molecule has 1 aromatic heterocycles. The highest BCUT2D eigenvalue weighted by Gasteiger charge is 2.22. The maximum Gasteiger partial charge on any atom is 0.129 e. The van der Waals surface area contributed by atoms with Crippen LogP contribution in [0.5, 0.6) is 0 Å². The van der Waals surface area contributed by atoms with Crippen LogP contribution in [-0.4, -0.2) is 13.2 Å². The Morgan fingerprint density at radius 3 is 2.71 bits per heavy atom. The van der Waals surface area contributed by atoms with Gasteiger partial charge in [-0.25, -0.2) is 0 Å². The minimum Gasteiger partial charge on any atom is -0.467 e. The van der Waals surface area contributed by atoms with Crippen LogP contribution < -0.4 is 5.32 Å². The fraction of sp³-hybridized carbons (Fsp3) is 0.444. The molecule has 0 atom stereocenters. The van der Waals surface area contributed by atoms with Crippen molar-refractivity contribution in [3.8, 4) is 0 Å². The number of rotatable bonds is 9. The van der Waals surface area contributed by atoms with Crippen LogP contribution in [0.3, 0.4) is 0 Å². The lowest BCUT2D eigenvalue weighted by atomic mass is 10.1. The molecule has 3 nitrogen and oxygen atoms in total. The van der Waals surface area contributed by atoms with Crippen molar-refractivity contribution in [2.75, 3.05) is 13.2 Å². The molecule has 0 unspecified atom stereocenters. The Bertz CT molecular complexity index is 515. The molecule has 1 aliphatic rings. The predicted molar refractivity (Wildman–Crippen MR) is 83.1 cm³/mol. The zero-order valence-corrected chi connectivity index (χ0v) is 12.4. The molecule has 112 valence electrons. The highest BCUT2D eigenvalue weighted by Crippen LogP contribution is 2.39. The Morgan fingerprint density at radius 2 is 2.00 bits per heavy atom. The minimum absolute atomic E-state index is 0.565. The van der Waals surface area contributed by atoms with E-state index in [9.17, 15) is 0 Å². The van der Waals surface area contributed by atoms with E-state index in [0.717, 1.165) is 37.8 Å². The van der Waals surface area contributed by atoms with Crippen LogP contribution in [-0.2, 0) is 17.9 Å². The van der Waals surface area contributed by atoms with Crippen molar-refractivity contribution in [1.29, 1.82) is 0 Å². The van der Waals surface area contributed by atoms with Gasteiger partial charge in [0, 0.05) is 13.2 Å². The van der Waals surface area contributed by atoms with Gasteiger partial charge in [-0.1, -0.05) is 24.3 Å². The number of hydrogen-bond donors (Lipinski definition) is 1. The maximum absolute atomic E-state index is 5.55. The molecule has 1 saturated carbocycles. The Kier molecular flexibility index (Phi) is 5.08. The van der Waals surface area contributed by atoms with Gasteiger partial charge in [-0.15, -0.1) is 0 Å². The van der Waals surface area contributed by atoms with E-state index in [4.69, 9.17) is 9.15 Å². The highest BCUT2D eigenvalue weighted by atomic mass is 16.5. The molecule has 1 N–H and O–H groups in total. The fourth-order valence-corrected chi connectivity index (χ4v) is 2.42. The summed E-state index contributed by atoms with van der Waals surface area (Å²) in [6, 6.07) is 12.9. The van der Waals surface area contributed by atoms with Gasteiger partial charge >= 0.3 is 0 Å². The third-order valence-electron chi connectivity index (χ3n) is 3.82. The lowest BCUT2D eigenvalue weighted by Crippen LogP contribution is -2.16. The van der Waals surface area contributed by atoms with Gasteiger partial charge < -0.3 is 14.5 Å². The van der Waals surface area contributed by atoms with E-state index in [1.807, 2.05) is 12.1 Å². The van der Waals surface area contributed by atoms with Crippen LogP contribution >= 0.6 is 0 Å². The summed E-state index contributed by atoms with van der Waals surface area (Å²) < 4.78 is 10.8. The summed E-state index contributed by atoms with van der Waals surface area (Å²) in [6.45, 7) is 3.23. The monoisotopic (exact) mass is 285 g/mol. The second-order valence-electron chi connectivity index (χ2n) is 5.68. The summed E-state index contributed by atoms with van der Waals surface area (Å²) in [5.41, 5.74) is 2.86. The fourth-order valence-electron chi connectivity index (χ4n) is 2.42. The molecule has 1 heterocycles. The molecule has 3 heteroatoms. The molecule has 3 rings (SSSR count). The van der Waals surface area contributed by atoms with Crippen molar-refractivity contribution in [3.05, 3.63) is 59.5 Å². The van der Waals surface area contributed by atoms with Crippen molar-refractivity contribution in [3.63, 3.8) is 0 Å². The summed E-state index contributed by atoms with van der Waals surface area (Å²) in [4.78, 5) is 0. The minimum atomic E-state index is 0.565.